The number of carbonyl (C=O) groups is 1. The van der Waals surface area contributed by atoms with Crippen LogP contribution in [0, 0.1) is 0 Å². The summed E-state index contributed by atoms with van der Waals surface area (Å²) in [7, 11) is 3.05. The monoisotopic (exact) mass is 367 g/mol. The summed E-state index contributed by atoms with van der Waals surface area (Å²) in [6.45, 7) is 0. The van der Waals surface area contributed by atoms with Gasteiger partial charge in [0.15, 0.2) is 0 Å². The Bertz CT molecular complexity index is 1070. The van der Waals surface area contributed by atoms with Crippen molar-refractivity contribution < 1.29 is 14.3 Å². The van der Waals surface area contributed by atoms with E-state index in [-0.39, 0.29) is 5.56 Å². The van der Waals surface area contributed by atoms with E-state index in [4.69, 9.17) is 9.47 Å². The summed E-state index contributed by atoms with van der Waals surface area (Å²) in [5.41, 5.74) is -0.758. The summed E-state index contributed by atoms with van der Waals surface area (Å²) >= 11 is 0. The molecule has 138 valence electrons. The molecule has 27 heavy (non-hydrogen) atoms. The van der Waals surface area contributed by atoms with Gasteiger partial charge in [0.25, 0.3) is 11.5 Å². The molecule has 0 unspecified atom stereocenters. The molecule has 8 heteroatoms. The molecule has 0 aliphatic heterocycles. The molecule has 2 aromatic carbocycles. The van der Waals surface area contributed by atoms with Crippen molar-refractivity contribution in [3.8, 4) is 17.2 Å². The Balaban J connectivity index is 1.95. The van der Waals surface area contributed by atoms with Crippen LogP contribution in [0.25, 0.3) is 5.69 Å². The molecule has 2 N–H and O–H groups in total. The highest BCUT2D eigenvalue weighted by Gasteiger charge is 2.16. The maximum atomic E-state index is 12.7. The highest BCUT2D eigenvalue weighted by atomic mass is 16.5. The first-order valence-corrected chi connectivity index (χ1v) is 7.98. The molecule has 1 amide bonds. The number of benzene rings is 2. The number of hydrogen-bond acceptors (Lipinski definition) is 5. The Kier molecular flexibility index (Phi) is 5.07. The molecule has 8 nitrogen and oxygen atoms in total. The van der Waals surface area contributed by atoms with Crippen molar-refractivity contribution in [2.75, 3.05) is 19.5 Å². The Morgan fingerprint density at radius 2 is 1.48 bits per heavy atom. The fourth-order valence-corrected chi connectivity index (χ4v) is 2.47. The zero-order chi connectivity index (χ0) is 19.4. The molecule has 0 atom stereocenters. The first-order valence-electron chi connectivity index (χ1n) is 7.98. The third-order valence-electron chi connectivity index (χ3n) is 3.90. The molecule has 3 rings (SSSR count). The van der Waals surface area contributed by atoms with Crippen LogP contribution in [-0.4, -0.2) is 29.7 Å². The molecule has 0 fully saturated rings. The molecular formula is C19H17N3O5. The second-order valence-corrected chi connectivity index (χ2v) is 5.53. The van der Waals surface area contributed by atoms with E-state index in [0.717, 1.165) is 10.8 Å². The zero-order valence-electron chi connectivity index (χ0n) is 14.7. The minimum absolute atomic E-state index is 0.193. The molecule has 0 bridgehead atoms. The predicted molar refractivity (Wildman–Crippen MR) is 100 cm³/mol. The van der Waals surface area contributed by atoms with Gasteiger partial charge in [-0.25, -0.2) is 9.36 Å². The molecule has 0 aliphatic rings. The lowest BCUT2D eigenvalue weighted by molar-refractivity contribution is 0.102. The van der Waals surface area contributed by atoms with Gasteiger partial charge in [0.1, 0.15) is 17.1 Å². The van der Waals surface area contributed by atoms with Crippen LogP contribution in [0.1, 0.15) is 10.4 Å². The van der Waals surface area contributed by atoms with E-state index < -0.39 is 17.2 Å². The number of nitrogens with one attached hydrogen (secondary N) is 2. The number of aromatic amines is 1. The lowest BCUT2D eigenvalue weighted by atomic mass is 10.2. The van der Waals surface area contributed by atoms with Crippen molar-refractivity contribution in [2.24, 2.45) is 0 Å². The number of anilines is 1. The van der Waals surface area contributed by atoms with Gasteiger partial charge in [-0.1, -0.05) is 0 Å². The summed E-state index contributed by atoms with van der Waals surface area (Å²) in [5, 5.41) is 2.62. The number of nitrogens with zero attached hydrogens (tertiary/aromatic N) is 1. The smallest absolute Gasteiger partial charge is 0.333 e. The number of ether oxygens (including phenoxy) is 2. The molecule has 0 saturated heterocycles. The molecule has 3 aromatic rings. The van der Waals surface area contributed by atoms with Crippen molar-refractivity contribution in [2.45, 2.75) is 0 Å². The minimum Gasteiger partial charge on any atom is -0.497 e. The second-order valence-electron chi connectivity index (χ2n) is 5.53. The normalized spacial score (nSPS) is 10.3. The topological polar surface area (TPSA) is 102 Å². The van der Waals surface area contributed by atoms with Crippen LogP contribution in [0.5, 0.6) is 11.5 Å². The molecule has 0 aliphatic carbocycles. The van der Waals surface area contributed by atoms with Gasteiger partial charge in [-0.15, -0.1) is 0 Å². The van der Waals surface area contributed by atoms with Crippen molar-refractivity contribution in [1.82, 2.24) is 9.55 Å². The van der Waals surface area contributed by atoms with Gasteiger partial charge in [0, 0.05) is 11.9 Å². The standard InChI is InChI=1S/C19H17N3O5/c1-26-14-7-3-12(4-8-14)21-17(23)16-11-20-19(25)22(18(16)24)13-5-9-15(27-2)10-6-13/h3-11H,1-2H3,(H,20,25)(H,21,23). The van der Waals surface area contributed by atoms with Gasteiger partial charge >= 0.3 is 5.69 Å². The van der Waals surface area contributed by atoms with Gasteiger partial charge in [0.05, 0.1) is 19.9 Å². The number of aromatic nitrogens is 2. The van der Waals surface area contributed by atoms with Crippen LogP contribution in [0.4, 0.5) is 5.69 Å². The predicted octanol–water partition coefficient (Wildman–Crippen LogP) is 1.80. The number of carbonyl (C=O) groups excluding carboxylic acids is 1. The van der Waals surface area contributed by atoms with Crippen molar-refractivity contribution >= 4 is 11.6 Å². The summed E-state index contributed by atoms with van der Waals surface area (Å²) in [4.78, 5) is 39.7. The van der Waals surface area contributed by atoms with Gasteiger partial charge in [-0.3, -0.25) is 9.59 Å². The lowest BCUT2D eigenvalue weighted by Gasteiger charge is -2.09. The largest absolute Gasteiger partial charge is 0.497 e. The minimum atomic E-state index is -0.727. The summed E-state index contributed by atoms with van der Waals surface area (Å²) in [6.07, 6.45) is 1.10. The molecular weight excluding hydrogens is 350 g/mol. The van der Waals surface area contributed by atoms with E-state index in [2.05, 4.69) is 10.3 Å². The van der Waals surface area contributed by atoms with Crippen LogP contribution in [0.3, 0.4) is 0 Å². The van der Waals surface area contributed by atoms with E-state index in [1.165, 1.54) is 14.2 Å². The Morgan fingerprint density at radius 3 is 2.04 bits per heavy atom. The number of H-pyrrole nitrogens is 1. The van der Waals surface area contributed by atoms with Crippen molar-refractivity contribution in [1.29, 1.82) is 0 Å². The van der Waals surface area contributed by atoms with Gasteiger partial charge in [0.2, 0.25) is 0 Å². The number of hydrogen-bond donors (Lipinski definition) is 2. The molecule has 0 spiro atoms. The maximum Gasteiger partial charge on any atom is 0.333 e. The first kappa shape index (κ1) is 18.0. The maximum absolute atomic E-state index is 12.7. The van der Waals surface area contributed by atoms with Crippen LogP contribution < -0.4 is 26.0 Å². The highest BCUT2D eigenvalue weighted by Crippen LogP contribution is 2.16. The summed E-state index contributed by atoms with van der Waals surface area (Å²) in [5.74, 6) is 0.583. The van der Waals surface area contributed by atoms with Crippen LogP contribution in [0.15, 0.2) is 64.3 Å². The summed E-state index contributed by atoms with van der Waals surface area (Å²) in [6, 6.07) is 13.0. The third-order valence-corrected chi connectivity index (χ3v) is 3.90. The van der Waals surface area contributed by atoms with Crippen LogP contribution >= 0.6 is 0 Å². The highest BCUT2D eigenvalue weighted by molar-refractivity contribution is 6.03. The van der Waals surface area contributed by atoms with Crippen LogP contribution in [-0.2, 0) is 0 Å². The third kappa shape index (κ3) is 3.74. The average molecular weight is 367 g/mol. The van der Waals surface area contributed by atoms with Gasteiger partial charge < -0.3 is 19.8 Å². The first-order chi connectivity index (χ1) is 13.0. The molecule has 0 radical (unpaired) electrons. The van der Waals surface area contributed by atoms with E-state index in [9.17, 15) is 14.4 Å². The Hall–Kier alpha value is -3.81. The number of methoxy groups -OCH3 is 2. The van der Waals surface area contributed by atoms with E-state index in [0.29, 0.717) is 22.9 Å². The molecule has 1 heterocycles. The Morgan fingerprint density at radius 1 is 0.926 bits per heavy atom. The fourth-order valence-electron chi connectivity index (χ4n) is 2.47. The van der Waals surface area contributed by atoms with Gasteiger partial charge in [-0.05, 0) is 48.5 Å². The van der Waals surface area contributed by atoms with Crippen molar-refractivity contribution in [3.63, 3.8) is 0 Å². The zero-order valence-corrected chi connectivity index (χ0v) is 14.7. The van der Waals surface area contributed by atoms with E-state index in [1.807, 2.05) is 0 Å². The van der Waals surface area contributed by atoms with E-state index >= 15 is 0 Å². The number of rotatable bonds is 5. The molecule has 0 saturated carbocycles. The summed E-state index contributed by atoms with van der Waals surface area (Å²) < 4.78 is 11.0. The average Bonchev–Trinajstić information content (AvgIpc) is 2.69. The number of amides is 1. The van der Waals surface area contributed by atoms with Gasteiger partial charge in [-0.2, -0.15) is 0 Å². The molecule has 1 aromatic heterocycles. The quantitative estimate of drug-likeness (QED) is 0.716. The second kappa shape index (κ2) is 7.61. The van der Waals surface area contributed by atoms with E-state index in [1.54, 1.807) is 48.5 Å². The SMILES string of the molecule is COc1ccc(NC(=O)c2c[nH]c(=O)n(-c3ccc(OC)cc3)c2=O)cc1. The fraction of sp³-hybridized carbons (Fsp3) is 0.105. The Labute approximate surface area is 154 Å². The lowest BCUT2D eigenvalue weighted by Crippen LogP contribution is -2.38. The van der Waals surface area contributed by atoms with Crippen molar-refractivity contribution in [3.05, 3.63) is 81.1 Å². The van der Waals surface area contributed by atoms with Crippen LogP contribution in [0.2, 0.25) is 0 Å².